The van der Waals surface area contributed by atoms with E-state index in [0.717, 1.165) is 0 Å². The van der Waals surface area contributed by atoms with Crippen molar-refractivity contribution < 1.29 is 27.5 Å². The predicted molar refractivity (Wildman–Crippen MR) is 99.8 cm³/mol. The molecule has 150 valence electrons. The molecule has 0 radical (unpaired) electrons. The standard InChI is InChI=1S/C18H26N2O6S/c1-4-5-17(21)26-14(3)18(22)19-15-7-6-13(2)16(12-15)27(23,24)20-8-10-25-11-9-20/h6-7,12,14H,4-5,8-11H2,1-3H3,(H,19,22)/t14-/m1/s1. The minimum atomic E-state index is -3.68. The fourth-order valence-electron chi connectivity index (χ4n) is 2.64. The number of morpholine rings is 1. The summed E-state index contributed by atoms with van der Waals surface area (Å²) >= 11 is 0. The molecule has 1 heterocycles. The molecular weight excluding hydrogens is 372 g/mol. The molecule has 1 saturated heterocycles. The molecule has 1 amide bonds. The zero-order valence-electron chi connectivity index (χ0n) is 15.9. The quantitative estimate of drug-likeness (QED) is 0.701. The average Bonchev–Trinajstić information content (AvgIpc) is 2.64. The molecule has 1 aliphatic heterocycles. The first-order valence-corrected chi connectivity index (χ1v) is 10.4. The Kier molecular flexibility index (Phi) is 7.34. The van der Waals surface area contributed by atoms with Crippen LogP contribution < -0.4 is 5.32 Å². The fraction of sp³-hybridized carbons (Fsp3) is 0.556. The van der Waals surface area contributed by atoms with Gasteiger partial charge in [-0.25, -0.2) is 8.42 Å². The Morgan fingerprint density at radius 2 is 1.96 bits per heavy atom. The fourth-order valence-corrected chi connectivity index (χ4v) is 4.30. The first kappa shape index (κ1) is 21.3. The Bertz CT molecular complexity index is 787. The summed E-state index contributed by atoms with van der Waals surface area (Å²) < 4.78 is 37.4. The lowest BCUT2D eigenvalue weighted by Gasteiger charge is -2.27. The Hall–Kier alpha value is -1.97. The van der Waals surface area contributed by atoms with E-state index in [1.54, 1.807) is 19.1 Å². The van der Waals surface area contributed by atoms with Crippen LogP contribution in [0.2, 0.25) is 0 Å². The lowest BCUT2D eigenvalue weighted by Crippen LogP contribution is -2.40. The van der Waals surface area contributed by atoms with Crippen LogP contribution in [-0.2, 0) is 29.1 Å². The van der Waals surface area contributed by atoms with Gasteiger partial charge in [-0.2, -0.15) is 4.31 Å². The zero-order chi connectivity index (χ0) is 20.0. The number of esters is 1. The van der Waals surface area contributed by atoms with E-state index in [1.807, 2.05) is 6.92 Å². The Morgan fingerprint density at radius 3 is 2.59 bits per heavy atom. The summed E-state index contributed by atoms with van der Waals surface area (Å²) in [5, 5.41) is 2.61. The normalized spacial score (nSPS) is 16.6. The highest BCUT2D eigenvalue weighted by Crippen LogP contribution is 2.24. The molecule has 1 N–H and O–H groups in total. The van der Waals surface area contributed by atoms with E-state index in [0.29, 0.717) is 44.0 Å². The third-order valence-corrected chi connectivity index (χ3v) is 6.22. The third kappa shape index (κ3) is 5.50. The third-order valence-electron chi connectivity index (χ3n) is 4.18. The predicted octanol–water partition coefficient (Wildman–Crippen LogP) is 1.69. The lowest BCUT2D eigenvalue weighted by atomic mass is 10.2. The summed E-state index contributed by atoms with van der Waals surface area (Å²) in [6, 6.07) is 4.68. The zero-order valence-corrected chi connectivity index (χ0v) is 16.7. The highest BCUT2D eigenvalue weighted by Gasteiger charge is 2.28. The van der Waals surface area contributed by atoms with Gasteiger partial charge >= 0.3 is 5.97 Å². The van der Waals surface area contributed by atoms with Gasteiger partial charge in [0.15, 0.2) is 6.10 Å². The smallest absolute Gasteiger partial charge is 0.306 e. The van der Waals surface area contributed by atoms with Crippen LogP contribution in [0.25, 0.3) is 0 Å². The minimum Gasteiger partial charge on any atom is -0.453 e. The van der Waals surface area contributed by atoms with Crippen LogP contribution in [0.5, 0.6) is 0 Å². The Labute approximate surface area is 159 Å². The molecule has 0 spiro atoms. The largest absolute Gasteiger partial charge is 0.453 e. The monoisotopic (exact) mass is 398 g/mol. The second-order valence-corrected chi connectivity index (χ2v) is 8.27. The van der Waals surface area contributed by atoms with Gasteiger partial charge in [-0.05, 0) is 38.0 Å². The second-order valence-electron chi connectivity index (χ2n) is 6.37. The summed E-state index contributed by atoms with van der Waals surface area (Å²) in [6.45, 7) is 6.32. The van der Waals surface area contributed by atoms with Gasteiger partial charge in [0.25, 0.3) is 5.91 Å². The summed E-state index contributed by atoms with van der Waals surface area (Å²) in [6.07, 6.45) is -0.0949. The molecule has 1 aromatic rings. The first-order valence-electron chi connectivity index (χ1n) is 8.94. The van der Waals surface area contributed by atoms with Crippen molar-refractivity contribution in [3.63, 3.8) is 0 Å². The lowest BCUT2D eigenvalue weighted by molar-refractivity contribution is -0.153. The van der Waals surface area contributed by atoms with Gasteiger partial charge in [0.1, 0.15) is 0 Å². The summed E-state index contributed by atoms with van der Waals surface area (Å²) in [4.78, 5) is 23.9. The van der Waals surface area contributed by atoms with Crippen molar-refractivity contribution in [3.8, 4) is 0 Å². The molecule has 1 aromatic carbocycles. The number of hydrogen-bond donors (Lipinski definition) is 1. The number of nitrogens with one attached hydrogen (secondary N) is 1. The van der Waals surface area contributed by atoms with Gasteiger partial charge in [0, 0.05) is 25.2 Å². The number of sulfonamides is 1. The van der Waals surface area contributed by atoms with Crippen molar-refractivity contribution >= 4 is 27.6 Å². The minimum absolute atomic E-state index is 0.137. The van der Waals surface area contributed by atoms with Gasteiger partial charge in [-0.1, -0.05) is 13.0 Å². The van der Waals surface area contributed by atoms with Crippen LogP contribution in [-0.4, -0.2) is 57.0 Å². The number of amides is 1. The van der Waals surface area contributed by atoms with Gasteiger partial charge < -0.3 is 14.8 Å². The van der Waals surface area contributed by atoms with Crippen molar-refractivity contribution in [2.24, 2.45) is 0 Å². The number of nitrogens with zero attached hydrogens (tertiary/aromatic N) is 1. The summed E-state index contributed by atoms with van der Waals surface area (Å²) in [5.41, 5.74) is 0.915. The van der Waals surface area contributed by atoms with Crippen LogP contribution >= 0.6 is 0 Å². The molecule has 9 heteroatoms. The molecule has 0 aliphatic carbocycles. The molecule has 0 bridgehead atoms. The Balaban J connectivity index is 2.14. The molecule has 0 unspecified atom stereocenters. The van der Waals surface area contributed by atoms with Crippen molar-refractivity contribution in [1.82, 2.24) is 4.31 Å². The van der Waals surface area contributed by atoms with E-state index in [-0.39, 0.29) is 11.3 Å². The van der Waals surface area contributed by atoms with Gasteiger partial charge in [0.2, 0.25) is 10.0 Å². The van der Waals surface area contributed by atoms with E-state index in [9.17, 15) is 18.0 Å². The van der Waals surface area contributed by atoms with E-state index >= 15 is 0 Å². The molecule has 1 atom stereocenters. The van der Waals surface area contributed by atoms with Gasteiger partial charge in [0.05, 0.1) is 18.1 Å². The molecule has 1 fully saturated rings. The van der Waals surface area contributed by atoms with Gasteiger partial charge in [-0.3, -0.25) is 9.59 Å². The SMILES string of the molecule is CCCC(=O)O[C@H](C)C(=O)Nc1ccc(C)c(S(=O)(=O)N2CCOCC2)c1. The number of carbonyl (C=O) groups is 2. The number of aryl methyl sites for hydroxylation is 1. The molecule has 0 saturated carbocycles. The number of rotatable bonds is 7. The van der Waals surface area contributed by atoms with Crippen LogP contribution in [0.1, 0.15) is 32.3 Å². The van der Waals surface area contributed by atoms with Crippen LogP contribution in [0.3, 0.4) is 0 Å². The van der Waals surface area contributed by atoms with E-state index in [2.05, 4.69) is 5.32 Å². The topological polar surface area (TPSA) is 102 Å². The average molecular weight is 398 g/mol. The highest BCUT2D eigenvalue weighted by atomic mass is 32.2. The van der Waals surface area contributed by atoms with Gasteiger partial charge in [-0.15, -0.1) is 0 Å². The second kappa shape index (κ2) is 9.29. The maximum Gasteiger partial charge on any atom is 0.306 e. The molecular formula is C18H26N2O6S. The maximum absolute atomic E-state index is 12.9. The number of anilines is 1. The van der Waals surface area contributed by atoms with Crippen LogP contribution in [0.15, 0.2) is 23.1 Å². The summed E-state index contributed by atoms with van der Waals surface area (Å²) in [7, 11) is -3.68. The Morgan fingerprint density at radius 1 is 1.30 bits per heavy atom. The van der Waals surface area contributed by atoms with E-state index in [4.69, 9.17) is 9.47 Å². The van der Waals surface area contributed by atoms with Crippen molar-refractivity contribution in [3.05, 3.63) is 23.8 Å². The number of carbonyl (C=O) groups excluding carboxylic acids is 2. The molecule has 1 aliphatic rings. The number of ether oxygens (including phenoxy) is 2. The summed E-state index contributed by atoms with van der Waals surface area (Å²) in [5.74, 6) is -0.960. The molecule has 27 heavy (non-hydrogen) atoms. The highest BCUT2D eigenvalue weighted by molar-refractivity contribution is 7.89. The number of benzene rings is 1. The van der Waals surface area contributed by atoms with E-state index < -0.39 is 28.0 Å². The van der Waals surface area contributed by atoms with E-state index in [1.165, 1.54) is 17.3 Å². The van der Waals surface area contributed by atoms with Crippen molar-refractivity contribution in [2.45, 2.75) is 44.6 Å². The van der Waals surface area contributed by atoms with Crippen molar-refractivity contribution in [2.75, 3.05) is 31.6 Å². The van der Waals surface area contributed by atoms with Crippen molar-refractivity contribution in [1.29, 1.82) is 0 Å². The number of hydrogen-bond acceptors (Lipinski definition) is 6. The maximum atomic E-state index is 12.9. The molecule has 2 rings (SSSR count). The van der Waals surface area contributed by atoms with Crippen LogP contribution in [0.4, 0.5) is 5.69 Å². The molecule has 0 aromatic heterocycles. The van der Waals surface area contributed by atoms with Crippen LogP contribution in [0, 0.1) is 6.92 Å². The first-order chi connectivity index (χ1) is 12.8. The molecule has 8 nitrogen and oxygen atoms in total.